The van der Waals surface area contributed by atoms with Gasteiger partial charge in [-0.25, -0.2) is 8.78 Å². The Hall–Kier alpha value is -1.65. The lowest BCUT2D eigenvalue weighted by molar-refractivity contribution is 0.214. The number of hydrogen-bond donors (Lipinski definition) is 1. The van der Waals surface area contributed by atoms with Crippen LogP contribution in [0.15, 0.2) is 36.4 Å². The third-order valence-electron chi connectivity index (χ3n) is 2.74. The van der Waals surface area contributed by atoms with E-state index >= 15 is 0 Å². The van der Waals surface area contributed by atoms with Crippen LogP contribution in [0.3, 0.4) is 0 Å². The van der Waals surface area contributed by atoms with E-state index in [9.17, 15) is 13.9 Å². The Labute approximate surface area is 114 Å². The predicted octanol–water partition coefficient (Wildman–Crippen LogP) is 3.71. The van der Waals surface area contributed by atoms with Crippen molar-refractivity contribution >= 4 is 11.6 Å². The van der Waals surface area contributed by atoms with E-state index < -0.39 is 17.7 Å². The van der Waals surface area contributed by atoms with E-state index in [0.29, 0.717) is 11.3 Å². The molecule has 1 unspecified atom stereocenters. The van der Waals surface area contributed by atoms with Gasteiger partial charge in [-0.3, -0.25) is 0 Å². The average Bonchev–Trinajstić information content (AvgIpc) is 2.40. The van der Waals surface area contributed by atoms with Crippen LogP contribution in [0.4, 0.5) is 8.78 Å². The molecule has 19 heavy (non-hydrogen) atoms. The zero-order valence-electron chi connectivity index (χ0n) is 10.0. The van der Waals surface area contributed by atoms with Crippen LogP contribution in [0.5, 0.6) is 5.75 Å². The molecule has 0 aliphatic carbocycles. The van der Waals surface area contributed by atoms with E-state index in [4.69, 9.17) is 16.3 Å². The van der Waals surface area contributed by atoms with Gasteiger partial charge in [-0.05, 0) is 35.9 Å². The summed E-state index contributed by atoms with van der Waals surface area (Å²) in [6.45, 7) is 0. The van der Waals surface area contributed by atoms with Crippen LogP contribution in [0.1, 0.15) is 17.2 Å². The van der Waals surface area contributed by atoms with Crippen molar-refractivity contribution in [3.63, 3.8) is 0 Å². The Kier molecular flexibility index (Phi) is 4.02. The molecule has 5 heteroatoms. The summed E-state index contributed by atoms with van der Waals surface area (Å²) in [5, 5.41) is 10.4. The van der Waals surface area contributed by atoms with Crippen LogP contribution in [0, 0.1) is 11.6 Å². The van der Waals surface area contributed by atoms with Gasteiger partial charge in [0, 0.05) is 5.56 Å². The summed E-state index contributed by atoms with van der Waals surface area (Å²) in [6, 6.07) is 7.47. The molecule has 1 atom stereocenters. The van der Waals surface area contributed by atoms with Crippen molar-refractivity contribution in [2.24, 2.45) is 0 Å². The normalized spacial score (nSPS) is 12.3. The standard InChI is InChI=1S/C14H11ClF2O2/c1-19-13-5-2-8(6-11(13)15)14(18)10-7-9(16)3-4-12(10)17/h2-7,14,18H,1H3. The quantitative estimate of drug-likeness (QED) is 0.931. The molecule has 0 heterocycles. The van der Waals surface area contributed by atoms with Gasteiger partial charge in [-0.15, -0.1) is 0 Å². The second-order valence-corrected chi connectivity index (χ2v) is 4.37. The minimum absolute atomic E-state index is 0.138. The summed E-state index contributed by atoms with van der Waals surface area (Å²) in [6.07, 6.45) is -1.29. The van der Waals surface area contributed by atoms with Crippen LogP contribution >= 0.6 is 11.6 Å². The molecule has 0 aliphatic rings. The topological polar surface area (TPSA) is 29.5 Å². The summed E-state index contributed by atoms with van der Waals surface area (Å²) in [5.41, 5.74) is 0.219. The molecule has 0 saturated carbocycles. The van der Waals surface area contributed by atoms with Crippen molar-refractivity contribution in [3.8, 4) is 5.75 Å². The van der Waals surface area contributed by atoms with Crippen LogP contribution in [0.25, 0.3) is 0 Å². The SMILES string of the molecule is COc1ccc(C(O)c2cc(F)ccc2F)cc1Cl. The first-order valence-corrected chi connectivity index (χ1v) is 5.87. The first-order chi connectivity index (χ1) is 9.02. The highest BCUT2D eigenvalue weighted by Crippen LogP contribution is 2.31. The van der Waals surface area contributed by atoms with Crippen molar-refractivity contribution < 1.29 is 18.6 Å². The molecular weight excluding hydrogens is 274 g/mol. The maximum absolute atomic E-state index is 13.6. The van der Waals surface area contributed by atoms with Crippen LogP contribution in [-0.2, 0) is 0 Å². The summed E-state index contributed by atoms with van der Waals surface area (Å²) in [7, 11) is 1.46. The average molecular weight is 285 g/mol. The molecule has 2 aromatic rings. The third-order valence-corrected chi connectivity index (χ3v) is 3.04. The van der Waals surface area contributed by atoms with Crippen LogP contribution in [0.2, 0.25) is 5.02 Å². The maximum atomic E-state index is 13.6. The molecule has 2 rings (SSSR count). The molecule has 1 N–H and O–H groups in total. The fourth-order valence-electron chi connectivity index (χ4n) is 1.76. The number of methoxy groups -OCH3 is 1. The lowest BCUT2D eigenvalue weighted by atomic mass is 10.0. The Bertz CT molecular complexity index is 602. The second kappa shape index (κ2) is 5.55. The molecule has 2 aromatic carbocycles. The second-order valence-electron chi connectivity index (χ2n) is 3.96. The van der Waals surface area contributed by atoms with Crippen molar-refractivity contribution in [3.05, 3.63) is 64.2 Å². The fraction of sp³-hybridized carbons (Fsp3) is 0.143. The Morgan fingerprint density at radius 1 is 1.16 bits per heavy atom. The zero-order valence-corrected chi connectivity index (χ0v) is 10.8. The van der Waals surface area contributed by atoms with Crippen molar-refractivity contribution in [1.82, 2.24) is 0 Å². The van der Waals surface area contributed by atoms with E-state index in [1.54, 1.807) is 12.1 Å². The molecule has 0 spiro atoms. The van der Waals surface area contributed by atoms with Gasteiger partial charge in [-0.2, -0.15) is 0 Å². The van der Waals surface area contributed by atoms with E-state index in [-0.39, 0.29) is 10.6 Å². The summed E-state index contributed by atoms with van der Waals surface area (Å²) < 4.78 is 31.6. The number of halogens is 3. The highest BCUT2D eigenvalue weighted by atomic mass is 35.5. The van der Waals surface area contributed by atoms with Crippen molar-refractivity contribution in [1.29, 1.82) is 0 Å². The van der Waals surface area contributed by atoms with Gasteiger partial charge in [0.15, 0.2) is 0 Å². The molecule has 0 aliphatic heterocycles. The van der Waals surface area contributed by atoms with Crippen LogP contribution in [-0.4, -0.2) is 12.2 Å². The fourth-order valence-corrected chi connectivity index (χ4v) is 2.02. The van der Waals surface area contributed by atoms with E-state index in [1.165, 1.54) is 13.2 Å². The largest absolute Gasteiger partial charge is 0.495 e. The molecule has 0 amide bonds. The highest BCUT2D eigenvalue weighted by Gasteiger charge is 2.17. The van der Waals surface area contributed by atoms with Gasteiger partial charge < -0.3 is 9.84 Å². The lowest BCUT2D eigenvalue weighted by Gasteiger charge is -2.14. The highest BCUT2D eigenvalue weighted by molar-refractivity contribution is 6.32. The van der Waals surface area contributed by atoms with Gasteiger partial charge in [0.1, 0.15) is 23.5 Å². The number of hydrogen-bond acceptors (Lipinski definition) is 2. The number of aliphatic hydroxyl groups is 1. The van der Waals surface area contributed by atoms with Crippen molar-refractivity contribution in [2.45, 2.75) is 6.10 Å². The molecule has 0 bridgehead atoms. The molecule has 0 fully saturated rings. The van der Waals surface area contributed by atoms with Gasteiger partial charge in [-0.1, -0.05) is 17.7 Å². The number of ether oxygens (including phenoxy) is 1. The Morgan fingerprint density at radius 2 is 1.89 bits per heavy atom. The maximum Gasteiger partial charge on any atom is 0.137 e. The number of rotatable bonds is 3. The molecular formula is C14H11ClF2O2. The molecule has 0 aromatic heterocycles. The molecule has 2 nitrogen and oxygen atoms in total. The monoisotopic (exact) mass is 284 g/mol. The zero-order chi connectivity index (χ0) is 14.0. The van der Waals surface area contributed by atoms with Gasteiger partial charge in [0.2, 0.25) is 0 Å². The lowest BCUT2D eigenvalue weighted by Crippen LogP contribution is -2.03. The predicted molar refractivity (Wildman–Crippen MR) is 68.4 cm³/mol. The summed E-state index contributed by atoms with van der Waals surface area (Å²) in [4.78, 5) is 0. The minimum atomic E-state index is -1.29. The number of benzene rings is 2. The molecule has 100 valence electrons. The Morgan fingerprint density at radius 3 is 2.53 bits per heavy atom. The first-order valence-electron chi connectivity index (χ1n) is 5.49. The van der Waals surface area contributed by atoms with Gasteiger partial charge in [0.25, 0.3) is 0 Å². The summed E-state index contributed by atoms with van der Waals surface area (Å²) in [5.74, 6) is -0.853. The van der Waals surface area contributed by atoms with E-state index in [2.05, 4.69) is 0 Å². The first kappa shape index (κ1) is 13.8. The summed E-state index contributed by atoms with van der Waals surface area (Å²) >= 11 is 5.93. The molecule has 0 radical (unpaired) electrons. The van der Waals surface area contributed by atoms with E-state index in [1.807, 2.05) is 0 Å². The van der Waals surface area contributed by atoms with E-state index in [0.717, 1.165) is 18.2 Å². The van der Waals surface area contributed by atoms with Crippen molar-refractivity contribution in [2.75, 3.05) is 7.11 Å². The smallest absolute Gasteiger partial charge is 0.137 e. The Balaban J connectivity index is 2.41. The van der Waals surface area contributed by atoms with Crippen LogP contribution < -0.4 is 4.74 Å². The van der Waals surface area contributed by atoms with Gasteiger partial charge in [0.05, 0.1) is 12.1 Å². The third kappa shape index (κ3) is 2.85. The minimum Gasteiger partial charge on any atom is -0.495 e. The number of aliphatic hydroxyl groups excluding tert-OH is 1. The molecule has 0 saturated heterocycles. The van der Waals surface area contributed by atoms with Gasteiger partial charge >= 0.3 is 0 Å².